The normalized spacial score (nSPS) is 13.2. The fourth-order valence-corrected chi connectivity index (χ4v) is 2.02. The summed E-state index contributed by atoms with van der Waals surface area (Å²) in [6.45, 7) is 4.38. The van der Waals surface area contributed by atoms with E-state index in [0.717, 1.165) is 18.4 Å². The second-order valence-electron chi connectivity index (χ2n) is 4.24. The van der Waals surface area contributed by atoms with E-state index >= 15 is 0 Å². The predicted octanol–water partition coefficient (Wildman–Crippen LogP) is 4.43. The van der Waals surface area contributed by atoms with Gasteiger partial charge in [0.05, 0.1) is 0 Å². The van der Waals surface area contributed by atoms with E-state index in [1.165, 1.54) is 0 Å². The van der Waals surface area contributed by atoms with Crippen LogP contribution in [-0.4, -0.2) is 0 Å². The number of nitrogens with two attached hydrogens (primary N) is 1. The van der Waals surface area contributed by atoms with Crippen LogP contribution in [0, 0.1) is 5.92 Å². The smallest absolute Gasteiger partial charge is 0.0468 e. The third-order valence-corrected chi connectivity index (χ3v) is 2.98. The van der Waals surface area contributed by atoms with Crippen molar-refractivity contribution in [3.63, 3.8) is 0 Å². The number of halogens is 2. The Morgan fingerprint density at radius 1 is 1.20 bits per heavy atom. The van der Waals surface area contributed by atoms with E-state index < -0.39 is 0 Å². The average molecular weight is 246 g/mol. The Labute approximate surface area is 102 Å². The van der Waals surface area contributed by atoms with Gasteiger partial charge in [0.2, 0.25) is 0 Å². The molecule has 0 fully saturated rings. The monoisotopic (exact) mass is 245 g/mol. The molecule has 0 amide bonds. The summed E-state index contributed by atoms with van der Waals surface area (Å²) in [5.74, 6) is 0.669. The first-order valence-electron chi connectivity index (χ1n) is 5.21. The third kappa shape index (κ3) is 4.02. The van der Waals surface area contributed by atoms with Gasteiger partial charge in [-0.2, -0.15) is 0 Å². The molecule has 1 aromatic carbocycles. The zero-order chi connectivity index (χ0) is 11.4. The van der Waals surface area contributed by atoms with E-state index in [1.807, 2.05) is 12.1 Å². The maximum Gasteiger partial charge on any atom is 0.0468 e. The molecule has 0 aliphatic carbocycles. The fourth-order valence-electron chi connectivity index (χ4n) is 1.47. The van der Waals surface area contributed by atoms with Crippen LogP contribution < -0.4 is 5.73 Å². The van der Waals surface area contributed by atoms with Gasteiger partial charge in [-0.1, -0.05) is 43.1 Å². The lowest BCUT2D eigenvalue weighted by atomic mass is 9.98. The Balaban J connectivity index is 2.69. The van der Waals surface area contributed by atoms with E-state index in [2.05, 4.69) is 13.8 Å². The van der Waals surface area contributed by atoms with Crippen LogP contribution in [0.5, 0.6) is 0 Å². The molecule has 0 saturated carbocycles. The Morgan fingerprint density at radius 2 is 1.87 bits per heavy atom. The van der Waals surface area contributed by atoms with E-state index in [0.29, 0.717) is 16.0 Å². The van der Waals surface area contributed by atoms with Crippen molar-refractivity contribution in [2.24, 2.45) is 11.7 Å². The standard InChI is InChI=1S/C12H17Cl2N/c1-8(2)3-6-12(15)10-5-4-9(13)7-11(10)14/h4-5,7-8,12H,3,6,15H2,1-2H3/t12-/m0/s1. The van der Waals surface area contributed by atoms with Crippen LogP contribution in [0.4, 0.5) is 0 Å². The van der Waals surface area contributed by atoms with Crippen molar-refractivity contribution in [1.29, 1.82) is 0 Å². The molecule has 0 saturated heterocycles. The Morgan fingerprint density at radius 3 is 2.40 bits per heavy atom. The number of rotatable bonds is 4. The van der Waals surface area contributed by atoms with Crippen molar-refractivity contribution >= 4 is 23.2 Å². The van der Waals surface area contributed by atoms with Crippen LogP contribution in [0.3, 0.4) is 0 Å². The summed E-state index contributed by atoms with van der Waals surface area (Å²) in [6.07, 6.45) is 2.07. The molecule has 0 radical (unpaired) electrons. The third-order valence-electron chi connectivity index (χ3n) is 2.42. The first kappa shape index (κ1) is 12.8. The maximum absolute atomic E-state index is 6.08. The van der Waals surface area contributed by atoms with Gasteiger partial charge in [-0.05, 0) is 36.5 Å². The highest BCUT2D eigenvalue weighted by Gasteiger charge is 2.10. The summed E-state index contributed by atoms with van der Waals surface area (Å²) < 4.78 is 0. The minimum atomic E-state index is 0.0113. The molecule has 1 nitrogen and oxygen atoms in total. The van der Waals surface area contributed by atoms with E-state index in [9.17, 15) is 0 Å². The molecule has 0 aromatic heterocycles. The molecule has 0 bridgehead atoms. The quantitative estimate of drug-likeness (QED) is 0.835. The summed E-state index contributed by atoms with van der Waals surface area (Å²) in [5.41, 5.74) is 7.05. The molecule has 0 aliphatic rings. The Kier molecular flexibility index (Phi) is 4.91. The van der Waals surface area contributed by atoms with E-state index in [4.69, 9.17) is 28.9 Å². The van der Waals surface area contributed by atoms with Gasteiger partial charge < -0.3 is 5.73 Å². The first-order valence-corrected chi connectivity index (χ1v) is 5.97. The van der Waals surface area contributed by atoms with Crippen molar-refractivity contribution in [1.82, 2.24) is 0 Å². The number of hydrogen-bond donors (Lipinski definition) is 1. The molecular formula is C12H17Cl2N. The molecule has 84 valence electrons. The van der Waals surface area contributed by atoms with Crippen LogP contribution in [0.25, 0.3) is 0 Å². The van der Waals surface area contributed by atoms with Crippen LogP contribution >= 0.6 is 23.2 Å². The first-order chi connectivity index (χ1) is 7.00. The summed E-state index contributed by atoms with van der Waals surface area (Å²) in [4.78, 5) is 0. The molecule has 1 aromatic rings. The van der Waals surface area contributed by atoms with Gasteiger partial charge in [0.15, 0.2) is 0 Å². The van der Waals surface area contributed by atoms with Crippen molar-refractivity contribution in [2.45, 2.75) is 32.7 Å². The van der Waals surface area contributed by atoms with Crippen molar-refractivity contribution in [3.8, 4) is 0 Å². The van der Waals surface area contributed by atoms with Crippen LogP contribution in [0.1, 0.15) is 38.3 Å². The Bertz CT molecular complexity index is 323. The second kappa shape index (κ2) is 5.74. The van der Waals surface area contributed by atoms with E-state index in [1.54, 1.807) is 6.07 Å². The molecule has 0 heterocycles. The van der Waals surface area contributed by atoms with Gasteiger partial charge in [0.25, 0.3) is 0 Å². The molecule has 2 N–H and O–H groups in total. The highest BCUT2D eigenvalue weighted by atomic mass is 35.5. The van der Waals surface area contributed by atoms with Gasteiger partial charge in [-0.25, -0.2) is 0 Å². The summed E-state index contributed by atoms with van der Waals surface area (Å²) in [5, 5.41) is 1.32. The minimum Gasteiger partial charge on any atom is -0.324 e. The number of benzene rings is 1. The summed E-state index contributed by atoms with van der Waals surface area (Å²) >= 11 is 11.9. The minimum absolute atomic E-state index is 0.0113. The highest BCUT2D eigenvalue weighted by molar-refractivity contribution is 6.35. The molecular weight excluding hydrogens is 229 g/mol. The van der Waals surface area contributed by atoms with Gasteiger partial charge >= 0.3 is 0 Å². The predicted molar refractivity (Wildman–Crippen MR) is 67.5 cm³/mol. The fraction of sp³-hybridized carbons (Fsp3) is 0.500. The van der Waals surface area contributed by atoms with Crippen molar-refractivity contribution in [3.05, 3.63) is 33.8 Å². The lowest BCUT2D eigenvalue weighted by Crippen LogP contribution is -2.11. The molecule has 0 spiro atoms. The maximum atomic E-state index is 6.08. The lowest BCUT2D eigenvalue weighted by Gasteiger charge is -2.15. The van der Waals surface area contributed by atoms with E-state index in [-0.39, 0.29) is 6.04 Å². The molecule has 1 atom stereocenters. The van der Waals surface area contributed by atoms with Crippen molar-refractivity contribution in [2.75, 3.05) is 0 Å². The summed E-state index contributed by atoms with van der Waals surface area (Å²) in [6, 6.07) is 5.50. The molecule has 0 aliphatic heterocycles. The molecule has 0 unspecified atom stereocenters. The second-order valence-corrected chi connectivity index (χ2v) is 5.09. The van der Waals surface area contributed by atoms with Gasteiger partial charge in [0, 0.05) is 16.1 Å². The largest absolute Gasteiger partial charge is 0.324 e. The highest BCUT2D eigenvalue weighted by Crippen LogP contribution is 2.28. The van der Waals surface area contributed by atoms with Gasteiger partial charge in [-0.3, -0.25) is 0 Å². The molecule has 3 heteroatoms. The molecule has 15 heavy (non-hydrogen) atoms. The Hall–Kier alpha value is -0.240. The van der Waals surface area contributed by atoms with Gasteiger partial charge in [-0.15, -0.1) is 0 Å². The summed E-state index contributed by atoms with van der Waals surface area (Å²) in [7, 11) is 0. The van der Waals surface area contributed by atoms with Crippen LogP contribution in [-0.2, 0) is 0 Å². The van der Waals surface area contributed by atoms with Crippen molar-refractivity contribution < 1.29 is 0 Å². The van der Waals surface area contributed by atoms with Gasteiger partial charge in [0.1, 0.15) is 0 Å². The molecule has 1 rings (SSSR count). The zero-order valence-electron chi connectivity index (χ0n) is 9.13. The SMILES string of the molecule is CC(C)CC[C@H](N)c1ccc(Cl)cc1Cl. The lowest BCUT2D eigenvalue weighted by molar-refractivity contribution is 0.507. The van der Waals surface area contributed by atoms with Crippen LogP contribution in [0.2, 0.25) is 10.0 Å². The van der Waals surface area contributed by atoms with Crippen LogP contribution in [0.15, 0.2) is 18.2 Å². The average Bonchev–Trinajstić information content (AvgIpc) is 2.14. The topological polar surface area (TPSA) is 26.0 Å². The number of hydrogen-bond acceptors (Lipinski definition) is 1. The zero-order valence-corrected chi connectivity index (χ0v) is 10.6.